The third-order valence-electron chi connectivity index (χ3n) is 3.15. The van der Waals surface area contributed by atoms with Crippen LogP contribution in [0.25, 0.3) is 10.1 Å². The van der Waals surface area contributed by atoms with Gasteiger partial charge in [-0.25, -0.2) is 13.1 Å². The van der Waals surface area contributed by atoms with Crippen molar-refractivity contribution >= 4 is 31.4 Å². The molecule has 0 radical (unpaired) electrons. The van der Waals surface area contributed by atoms with Crippen molar-refractivity contribution in [3.8, 4) is 0 Å². The average Bonchev–Trinajstić information content (AvgIpc) is 2.87. The second-order valence-electron chi connectivity index (χ2n) is 4.66. The van der Waals surface area contributed by atoms with E-state index in [0.29, 0.717) is 13.1 Å². The fraction of sp³-hybridized carbons (Fsp3) is 0.429. The predicted molar refractivity (Wildman–Crippen MR) is 85.7 cm³/mol. The Bertz CT molecular complexity index is 632. The van der Waals surface area contributed by atoms with E-state index in [9.17, 15) is 8.42 Å². The first-order valence-electron chi connectivity index (χ1n) is 6.71. The standard InChI is InChI=1S/C14H20N2O2S2/c1-3-20(17,18)16-9-8-15-11(2)14-10-12-6-4-5-7-13(12)19-14/h4-7,10-11,15-16H,3,8-9H2,1-2H3/t11-/m0/s1. The largest absolute Gasteiger partial charge is 0.308 e. The van der Waals surface area contributed by atoms with Crippen molar-refractivity contribution in [2.75, 3.05) is 18.8 Å². The number of thiophene rings is 1. The van der Waals surface area contributed by atoms with Gasteiger partial charge in [0.25, 0.3) is 0 Å². The molecule has 1 heterocycles. The van der Waals surface area contributed by atoms with Gasteiger partial charge in [-0.05, 0) is 31.4 Å². The van der Waals surface area contributed by atoms with Crippen molar-refractivity contribution in [2.24, 2.45) is 0 Å². The van der Waals surface area contributed by atoms with Gasteiger partial charge >= 0.3 is 0 Å². The molecule has 0 spiro atoms. The van der Waals surface area contributed by atoms with E-state index in [1.807, 2.05) is 12.1 Å². The van der Waals surface area contributed by atoms with E-state index < -0.39 is 10.0 Å². The van der Waals surface area contributed by atoms with Crippen molar-refractivity contribution < 1.29 is 8.42 Å². The lowest BCUT2D eigenvalue weighted by molar-refractivity contribution is 0.558. The van der Waals surface area contributed by atoms with Gasteiger partial charge in [-0.1, -0.05) is 18.2 Å². The lowest BCUT2D eigenvalue weighted by Gasteiger charge is -2.12. The van der Waals surface area contributed by atoms with E-state index in [1.165, 1.54) is 15.0 Å². The van der Waals surface area contributed by atoms with Crippen LogP contribution >= 0.6 is 11.3 Å². The first-order valence-corrected chi connectivity index (χ1v) is 9.18. The van der Waals surface area contributed by atoms with Gasteiger partial charge in [-0.2, -0.15) is 0 Å². The van der Waals surface area contributed by atoms with E-state index in [4.69, 9.17) is 0 Å². The van der Waals surface area contributed by atoms with Crippen molar-refractivity contribution in [2.45, 2.75) is 19.9 Å². The minimum atomic E-state index is -3.09. The van der Waals surface area contributed by atoms with Crippen LogP contribution in [0.1, 0.15) is 24.8 Å². The molecular formula is C14H20N2O2S2. The Morgan fingerprint density at radius 3 is 2.70 bits per heavy atom. The van der Waals surface area contributed by atoms with Crippen LogP contribution in [0.2, 0.25) is 0 Å². The summed E-state index contributed by atoms with van der Waals surface area (Å²) in [4.78, 5) is 1.27. The average molecular weight is 312 g/mol. The number of benzene rings is 1. The molecule has 20 heavy (non-hydrogen) atoms. The lowest BCUT2D eigenvalue weighted by atomic mass is 10.2. The monoisotopic (exact) mass is 312 g/mol. The molecule has 0 aliphatic carbocycles. The molecule has 1 aromatic carbocycles. The quantitative estimate of drug-likeness (QED) is 0.772. The van der Waals surface area contributed by atoms with E-state index in [1.54, 1.807) is 18.3 Å². The number of rotatable bonds is 7. The van der Waals surface area contributed by atoms with Gasteiger partial charge < -0.3 is 5.32 Å². The van der Waals surface area contributed by atoms with Crippen LogP contribution in [-0.4, -0.2) is 27.3 Å². The lowest BCUT2D eigenvalue weighted by Crippen LogP contribution is -2.33. The van der Waals surface area contributed by atoms with Crippen molar-refractivity contribution in [1.82, 2.24) is 10.0 Å². The zero-order valence-electron chi connectivity index (χ0n) is 11.7. The van der Waals surface area contributed by atoms with Crippen LogP contribution in [-0.2, 0) is 10.0 Å². The highest BCUT2D eigenvalue weighted by molar-refractivity contribution is 7.89. The molecule has 2 N–H and O–H groups in total. The summed E-state index contributed by atoms with van der Waals surface area (Å²) in [7, 11) is -3.09. The third kappa shape index (κ3) is 4.02. The topological polar surface area (TPSA) is 58.2 Å². The normalized spacial score (nSPS) is 13.7. The first kappa shape index (κ1) is 15.4. The van der Waals surface area contributed by atoms with Crippen molar-refractivity contribution in [3.05, 3.63) is 35.2 Å². The van der Waals surface area contributed by atoms with Crippen LogP contribution < -0.4 is 10.0 Å². The van der Waals surface area contributed by atoms with Crippen molar-refractivity contribution in [3.63, 3.8) is 0 Å². The van der Waals surface area contributed by atoms with Crippen LogP contribution in [0.15, 0.2) is 30.3 Å². The number of hydrogen-bond donors (Lipinski definition) is 2. The number of hydrogen-bond acceptors (Lipinski definition) is 4. The fourth-order valence-electron chi connectivity index (χ4n) is 1.91. The summed E-state index contributed by atoms with van der Waals surface area (Å²) in [6.07, 6.45) is 0. The first-order chi connectivity index (χ1) is 9.52. The second-order valence-corrected chi connectivity index (χ2v) is 7.87. The molecule has 0 aliphatic rings. The smallest absolute Gasteiger partial charge is 0.211 e. The Balaban J connectivity index is 1.87. The van der Waals surface area contributed by atoms with E-state index in [0.717, 1.165) is 0 Å². The second kappa shape index (κ2) is 6.67. The molecule has 0 bridgehead atoms. The minimum absolute atomic E-state index is 0.124. The van der Waals surface area contributed by atoms with Gasteiger partial charge in [0.05, 0.1) is 5.75 Å². The summed E-state index contributed by atoms with van der Waals surface area (Å²) in [6, 6.07) is 10.7. The molecule has 4 nitrogen and oxygen atoms in total. The van der Waals surface area contributed by atoms with E-state index in [-0.39, 0.29) is 11.8 Å². The summed E-state index contributed by atoms with van der Waals surface area (Å²) < 4.78 is 26.4. The molecule has 0 saturated carbocycles. The van der Waals surface area contributed by atoms with Gasteiger partial charge in [-0.15, -0.1) is 11.3 Å². The van der Waals surface area contributed by atoms with E-state index in [2.05, 4.69) is 35.2 Å². The Kier molecular flexibility index (Phi) is 5.15. The number of sulfonamides is 1. The molecule has 0 aliphatic heterocycles. The van der Waals surface area contributed by atoms with Gasteiger partial charge in [0, 0.05) is 28.7 Å². The molecule has 0 unspecified atom stereocenters. The Hall–Kier alpha value is -0.950. The Labute approximate surface area is 124 Å². The zero-order valence-corrected chi connectivity index (χ0v) is 13.4. The Morgan fingerprint density at radius 1 is 1.25 bits per heavy atom. The molecule has 110 valence electrons. The maximum Gasteiger partial charge on any atom is 0.211 e. The molecule has 2 rings (SSSR count). The summed E-state index contributed by atoms with van der Waals surface area (Å²) in [6.45, 7) is 4.77. The molecule has 6 heteroatoms. The predicted octanol–water partition coefficient (Wildman–Crippen LogP) is 2.49. The van der Waals surface area contributed by atoms with Gasteiger partial charge in [0.15, 0.2) is 0 Å². The van der Waals surface area contributed by atoms with E-state index >= 15 is 0 Å². The number of fused-ring (bicyclic) bond motifs is 1. The molecular weight excluding hydrogens is 292 g/mol. The molecule has 2 aromatic rings. The van der Waals surface area contributed by atoms with Crippen LogP contribution in [0.4, 0.5) is 0 Å². The maximum absolute atomic E-state index is 11.3. The molecule has 0 fully saturated rings. The highest BCUT2D eigenvalue weighted by Gasteiger charge is 2.09. The fourth-order valence-corrected chi connectivity index (χ4v) is 3.62. The summed E-state index contributed by atoms with van der Waals surface area (Å²) >= 11 is 1.77. The van der Waals surface area contributed by atoms with Gasteiger partial charge in [0.2, 0.25) is 10.0 Å². The minimum Gasteiger partial charge on any atom is -0.308 e. The molecule has 0 amide bonds. The SMILES string of the molecule is CCS(=O)(=O)NCCN[C@@H](C)c1cc2ccccc2s1. The molecule has 0 saturated heterocycles. The van der Waals surface area contributed by atoms with Crippen LogP contribution in [0.5, 0.6) is 0 Å². The summed E-state index contributed by atoms with van der Waals surface area (Å²) in [5.41, 5.74) is 0. The summed E-state index contributed by atoms with van der Waals surface area (Å²) in [5.74, 6) is 0.124. The molecule has 1 atom stereocenters. The van der Waals surface area contributed by atoms with Gasteiger partial charge in [0.1, 0.15) is 0 Å². The number of nitrogens with one attached hydrogen (secondary N) is 2. The maximum atomic E-state index is 11.3. The summed E-state index contributed by atoms with van der Waals surface area (Å²) in [5, 5.41) is 4.60. The third-order valence-corrected chi connectivity index (χ3v) is 5.85. The molecule has 1 aromatic heterocycles. The Morgan fingerprint density at radius 2 is 2.00 bits per heavy atom. The zero-order chi connectivity index (χ0) is 14.6. The van der Waals surface area contributed by atoms with Crippen LogP contribution in [0, 0.1) is 0 Å². The van der Waals surface area contributed by atoms with Gasteiger partial charge in [-0.3, -0.25) is 0 Å². The highest BCUT2D eigenvalue weighted by atomic mass is 32.2. The van der Waals surface area contributed by atoms with Crippen molar-refractivity contribution in [1.29, 1.82) is 0 Å². The van der Waals surface area contributed by atoms with Crippen LogP contribution in [0.3, 0.4) is 0 Å². The highest BCUT2D eigenvalue weighted by Crippen LogP contribution is 2.29.